The van der Waals surface area contributed by atoms with Gasteiger partial charge >= 0.3 is 0 Å². The van der Waals surface area contributed by atoms with Crippen LogP contribution in [0, 0.1) is 5.41 Å². The van der Waals surface area contributed by atoms with Crippen molar-refractivity contribution in [2.45, 2.75) is 37.5 Å². The number of carbonyl (C=O) groups excluding carboxylic acids is 2. The molecule has 6 rings (SSSR count). The fourth-order valence-corrected chi connectivity index (χ4v) is 5.86. The number of fused-ring (bicyclic) bond motifs is 1. The Bertz CT molecular complexity index is 1430. The topological polar surface area (TPSA) is 124 Å². The summed E-state index contributed by atoms with van der Waals surface area (Å²) in [4.78, 5) is 33.9. The van der Waals surface area contributed by atoms with Crippen molar-refractivity contribution in [2.75, 3.05) is 36.1 Å². The summed E-state index contributed by atoms with van der Waals surface area (Å²) in [5.41, 5.74) is 2.17. The molecular formula is C30H31BN4O6. The molecule has 2 radical (unpaired) electrons. The summed E-state index contributed by atoms with van der Waals surface area (Å²) in [7, 11) is 5.71. The molecule has 11 heteroatoms. The summed E-state index contributed by atoms with van der Waals surface area (Å²) < 4.78 is 11.3. The normalized spacial score (nSPS) is 20.1. The minimum atomic E-state index is -2.98. The Balaban J connectivity index is 1.20. The van der Waals surface area contributed by atoms with Gasteiger partial charge in [0.1, 0.15) is 23.2 Å². The van der Waals surface area contributed by atoms with Gasteiger partial charge in [0, 0.05) is 49.7 Å². The van der Waals surface area contributed by atoms with Gasteiger partial charge < -0.3 is 29.9 Å². The molecule has 3 aliphatic heterocycles. The molecule has 2 saturated heterocycles. The first kappa shape index (κ1) is 27.3. The third-order valence-electron chi connectivity index (χ3n) is 8.08. The van der Waals surface area contributed by atoms with Crippen molar-refractivity contribution in [1.29, 1.82) is 0 Å². The number of hydrogen-bond acceptors (Lipinski definition) is 8. The van der Waals surface area contributed by atoms with Gasteiger partial charge in [-0.25, -0.2) is 0 Å². The summed E-state index contributed by atoms with van der Waals surface area (Å²) >= 11 is 0. The molecule has 3 aromatic rings. The average Bonchev–Trinajstić information content (AvgIpc) is 3.08. The molecule has 0 saturated carbocycles. The lowest BCUT2D eigenvalue weighted by Crippen LogP contribution is -2.59. The maximum absolute atomic E-state index is 13.7. The van der Waals surface area contributed by atoms with Crippen LogP contribution in [0.4, 0.5) is 11.4 Å². The highest BCUT2D eigenvalue weighted by atomic mass is 16.5. The van der Waals surface area contributed by atoms with Crippen molar-refractivity contribution >= 4 is 31.0 Å². The van der Waals surface area contributed by atoms with Crippen LogP contribution in [-0.2, 0) is 16.0 Å². The number of rotatable bonds is 6. The molecule has 41 heavy (non-hydrogen) atoms. The second-order valence-electron chi connectivity index (χ2n) is 11.0. The van der Waals surface area contributed by atoms with Crippen LogP contribution in [0.25, 0.3) is 0 Å². The smallest absolute Gasteiger partial charge is 0.270 e. The predicted octanol–water partition coefficient (Wildman–Crippen LogP) is 2.33. The van der Waals surface area contributed by atoms with Gasteiger partial charge in [0.25, 0.3) is 11.8 Å². The van der Waals surface area contributed by atoms with E-state index in [0.29, 0.717) is 23.6 Å². The Morgan fingerprint density at radius 3 is 2.56 bits per heavy atom. The van der Waals surface area contributed by atoms with E-state index in [1.165, 1.54) is 12.3 Å². The van der Waals surface area contributed by atoms with Gasteiger partial charge in [-0.3, -0.25) is 19.5 Å². The lowest BCUT2D eigenvalue weighted by molar-refractivity contribution is -0.135. The first-order valence-electron chi connectivity index (χ1n) is 13.7. The number of anilines is 2. The molecule has 1 unspecified atom stereocenters. The van der Waals surface area contributed by atoms with E-state index in [0.717, 1.165) is 55.3 Å². The molecule has 1 aromatic heterocycles. The van der Waals surface area contributed by atoms with E-state index >= 15 is 0 Å². The van der Waals surface area contributed by atoms with Gasteiger partial charge in [0.2, 0.25) is 0 Å². The average molecular weight is 554 g/mol. The van der Waals surface area contributed by atoms with Gasteiger partial charge in [-0.1, -0.05) is 24.3 Å². The number of carbonyl (C=O) groups is 2. The minimum absolute atomic E-state index is 0.0497. The van der Waals surface area contributed by atoms with Gasteiger partial charge in [0.05, 0.1) is 5.69 Å². The highest BCUT2D eigenvalue weighted by molar-refractivity contribution is 6.19. The van der Waals surface area contributed by atoms with E-state index < -0.39 is 23.7 Å². The van der Waals surface area contributed by atoms with Gasteiger partial charge in [0.15, 0.2) is 13.7 Å². The van der Waals surface area contributed by atoms with E-state index in [9.17, 15) is 19.8 Å². The van der Waals surface area contributed by atoms with Gasteiger partial charge in [-0.05, 0) is 61.6 Å². The summed E-state index contributed by atoms with van der Waals surface area (Å²) in [6, 6.07) is 16.8. The maximum atomic E-state index is 13.7. The third-order valence-corrected chi connectivity index (χ3v) is 8.08. The third kappa shape index (κ3) is 5.65. The van der Waals surface area contributed by atoms with Crippen LogP contribution in [0.5, 0.6) is 11.5 Å². The largest absolute Gasteiger partial charge is 0.457 e. The van der Waals surface area contributed by atoms with Crippen LogP contribution in [-0.4, -0.2) is 73.0 Å². The predicted molar refractivity (Wildman–Crippen MR) is 152 cm³/mol. The van der Waals surface area contributed by atoms with E-state index in [4.69, 9.17) is 17.3 Å². The molecule has 3 aliphatic rings. The van der Waals surface area contributed by atoms with Crippen molar-refractivity contribution in [2.24, 2.45) is 5.41 Å². The van der Waals surface area contributed by atoms with E-state index in [-0.39, 0.29) is 17.5 Å². The first-order chi connectivity index (χ1) is 19.7. The van der Waals surface area contributed by atoms with Crippen LogP contribution in [0.2, 0.25) is 0 Å². The number of para-hydroxylation sites is 1. The zero-order valence-electron chi connectivity index (χ0n) is 22.5. The summed E-state index contributed by atoms with van der Waals surface area (Å²) in [5, 5.41) is 23.7. The lowest BCUT2D eigenvalue weighted by Gasteiger charge is -2.53. The molecule has 1 atom stereocenters. The Kier molecular flexibility index (Phi) is 7.19. The van der Waals surface area contributed by atoms with Crippen LogP contribution in [0.3, 0.4) is 0 Å². The minimum Gasteiger partial charge on any atom is -0.457 e. The van der Waals surface area contributed by atoms with E-state index in [2.05, 4.69) is 15.2 Å². The number of nitrogens with one attached hydrogen (secondary N) is 1. The summed E-state index contributed by atoms with van der Waals surface area (Å²) in [6.07, 6.45) is 4.10. The van der Waals surface area contributed by atoms with Crippen molar-refractivity contribution in [3.63, 3.8) is 0 Å². The Hall–Kier alpha value is -3.93. The second kappa shape index (κ2) is 10.8. The van der Waals surface area contributed by atoms with Crippen molar-refractivity contribution in [3.05, 3.63) is 78.1 Å². The zero-order valence-corrected chi connectivity index (χ0v) is 22.5. The lowest BCUT2D eigenvalue weighted by atomic mass is 9.73. The summed E-state index contributed by atoms with van der Waals surface area (Å²) in [6.45, 7) is 3.26. The number of amides is 2. The molecule has 10 nitrogen and oxygen atoms in total. The van der Waals surface area contributed by atoms with Crippen molar-refractivity contribution in [1.82, 2.24) is 10.3 Å². The maximum Gasteiger partial charge on any atom is 0.270 e. The van der Waals surface area contributed by atoms with Crippen molar-refractivity contribution < 1.29 is 29.3 Å². The Morgan fingerprint density at radius 2 is 1.83 bits per heavy atom. The van der Waals surface area contributed by atoms with Crippen LogP contribution in [0.15, 0.2) is 66.9 Å². The molecule has 2 amide bonds. The van der Waals surface area contributed by atoms with Crippen molar-refractivity contribution in [3.8, 4) is 11.5 Å². The van der Waals surface area contributed by atoms with Gasteiger partial charge in [-0.2, -0.15) is 0 Å². The number of aryl methyl sites for hydroxylation is 1. The van der Waals surface area contributed by atoms with Crippen LogP contribution < -0.4 is 19.9 Å². The molecule has 2 fully saturated rings. The van der Waals surface area contributed by atoms with E-state index in [1.807, 2.05) is 30.3 Å². The molecular weight excluding hydrogens is 523 g/mol. The number of pyridine rings is 1. The Labute approximate surface area is 239 Å². The SMILES string of the molecule is [B]C(O)(O)N1C(=O)C(NC(=O)c2cc(Oc3ccccc3)ccn2)CCc2ccc(N3CC4(CCOCC4)C3)cc21. The highest BCUT2D eigenvalue weighted by Crippen LogP contribution is 2.43. The number of benzene rings is 2. The molecule has 0 bridgehead atoms. The standard InChI is InChI=1S/C30H31BN4O6/c31-30(38,39)35-26-16-21(34-18-29(19-34)11-14-40-15-12-29)8-6-20(26)7-9-24(28(35)37)33-27(36)25-17-23(10-13-32-25)41-22-4-2-1-3-5-22/h1-6,8,10,13,16-17,24,38-39H,7,9,11-12,14-15,18-19H2,(H,33,36). The molecule has 0 aliphatic carbocycles. The molecule has 3 N–H and O–H groups in total. The highest BCUT2D eigenvalue weighted by Gasteiger charge is 2.45. The van der Waals surface area contributed by atoms with E-state index in [1.54, 1.807) is 24.3 Å². The number of ether oxygens (including phenoxy) is 2. The number of nitrogens with zero attached hydrogens (tertiary/aromatic N) is 3. The fraction of sp³-hybridized carbons (Fsp3) is 0.367. The second-order valence-corrected chi connectivity index (χ2v) is 11.0. The number of hydrogen-bond donors (Lipinski definition) is 3. The van der Waals surface area contributed by atoms with Crippen LogP contribution in [0.1, 0.15) is 35.3 Å². The summed E-state index contributed by atoms with van der Waals surface area (Å²) in [5.74, 6) is -3.30. The number of aromatic nitrogens is 1. The first-order valence-corrected chi connectivity index (χ1v) is 13.7. The number of aliphatic hydroxyl groups is 2. The van der Waals surface area contributed by atoms with Gasteiger partial charge in [-0.15, -0.1) is 0 Å². The quantitative estimate of drug-likeness (QED) is 0.314. The monoisotopic (exact) mass is 554 g/mol. The molecule has 1 spiro atoms. The molecule has 2 aromatic carbocycles. The zero-order chi connectivity index (χ0) is 28.6. The molecule has 4 heterocycles. The Morgan fingerprint density at radius 1 is 1.07 bits per heavy atom. The van der Waals surface area contributed by atoms with Crippen LogP contribution >= 0.6 is 0 Å². The molecule has 210 valence electrons. The fourth-order valence-electron chi connectivity index (χ4n) is 5.86.